The molecule has 1 aromatic carbocycles. The molecule has 0 unspecified atom stereocenters. The highest BCUT2D eigenvalue weighted by molar-refractivity contribution is 7.18. The van der Waals surface area contributed by atoms with Gasteiger partial charge in [-0.2, -0.15) is 0 Å². The summed E-state index contributed by atoms with van der Waals surface area (Å²) in [6.07, 6.45) is 1.99. The number of esters is 1. The third-order valence-electron chi connectivity index (χ3n) is 3.82. The van der Waals surface area contributed by atoms with Crippen LogP contribution in [0, 0.1) is 5.92 Å². The van der Waals surface area contributed by atoms with Crippen LogP contribution in [0.4, 0.5) is 0 Å². The van der Waals surface area contributed by atoms with E-state index in [1.54, 1.807) is 11.3 Å². The predicted molar refractivity (Wildman–Crippen MR) is 84.3 cm³/mol. The Morgan fingerprint density at radius 3 is 3.14 bits per heavy atom. The number of aromatic nitrogens is 1. The van der Waals surface area contributed by atoms with Crippen LogP contribution in [0.15, 0.2) is 24.3 Å². The van der Waals surface area contributed by atoms with Crippen molar-refractivity contribution in [2.24, 2.45) is 5.92 Å². The lowest BCUT2D eigenvalue weighted by Crippen LogP contribution is -2.38. The third-order valence-corrected chi connectivity index (χ3v) is 4.84. The van der Waals surface area contributed by atoms with E-state index in [4.69, 9.17) is 4.74 Å². The number of likely N-dealkylation sites (tertiary alicyclic amines) is 1. The van der Waals surface area contributed by atoms with Gasteiger partial charge in [0, 0.05) is 6.54 Å². The molecule has 0 radical (unpaired) electrons. The minimum Gasteiger partial charge on any atom is -0.466 e. The number of fused-ring (bicyclic) bond motifs is 1. The zero-order chi connectivity index (χ0) is 14.7. The Hall–Kier alpha value is -1.46. The standard InChI is InChI=1S/C16H20N2O2S/c1-2-20-16(19)12-6-5-9-18(10-12)11-15-17-13-7-3-4-8-14(13)21-15/h3-4,7-8,12H,2,5-6,9-11H2,1H3/t12-/m0/s1. The van der Waals surface area contributed by atoms with Gasteiger partial charge in [0.05, 0.1) is 29.3 Å². The van der Waals surface area contributed by atoms with Gasteiger partial charge in [-0.1, -0.05) is 12.1 Å². The van der Waals surface area contributed by atoms with Crippen LogP contribution in [-0.2, 0) is 16.1 Å². The molecule has 0 spiro atoms. The van der Waals surface area contributed by atoms with Crippen LogP contribution in [0.25, 0.3) is 10.2 Å². The largest absolute Gasteiger partial charge is 0.466 e. The molecule has 0 N–H and O–H groups in total. The fourth-order valence-corrected chi connectivity index (χ4v) is 3.84. The van der Waals surface area contributed by atoms with Crippen molar-refractivity contribution in [3.8, 4) is 0 Å². The molecule has 2 heterocycles. The number of hydrogen-bond donors (Lipinski definition) is 0. The van der Waals surface area contributed by atoms with Gasteiger partial charge < -0.3 is 4.74 Å². The number of para-hydroxylation sites is 1. The second kappa shape index (κ2) is 6.54. The average Bonchev–Trinajstić information content (AvgIpc) is 2.90. The first-order valence-corrected chi connectivity index (χ1v) is 8.31. The number of carbonyl (C=O) groups excluding carboxylic acids is 1. The van der Waals surface area contributed by atoms with E-state index < -0.39 is 0 Å². The Balaban J connectivity index is 1.65. The summed E-state index contributed by atoms with van der Waals surface area (Å²) in [6.45, 7) is 4.97. The summed E-state index contributed by atoms with van der Waals surface area (Å²) < 4.78 is 6.38. The first kappa shape index (κ1) is 14.5. The first-order valence-electron chi connectivity index (χ1n) is 7.49. The number of piperidine rings is 1. The molecule has 0 bridgehead atoms. The summed E-state index contributed by atoms with van der Waals surface area (Å²) >= 11 is 1.74. The second-order valence-electron chi connectivity index (χ2n) is 5.40. The lowest BCUT2D eigenvalue weighted by molar-refractivity contribution is -0.150. The monoisotopic (exact) mass is 304 g/mol. The van der Waals surface area contributed by atoms with Crippen LogP contribution in [0.1, 0.15) is 24.8 Å². The normalized spacial score (nSPS) is 19.8. The second-order valence-corrected chi connectivity index (χ2v) is 6.52. The lowest BCUT2D eigenvalue weighted by Gasteiger charge is -2.30. The average molecular weight is 304 g/mol. The van der Waals surface area contributed by atoms with Crippen molar-refractivity contribution in [1.82, 2.24) is 9.88 Å². The fraction of sp³-hybridized carbons (Fsp3) is 0.500. The zero-order valence-electron chi connectivity index (χ0n) is 12.2. The maximum atomic E-state index is 11.9. The van der Waals surface area contributed by atoms with Crippen molar-refractivity contribution < 1.29 is 9.53 Å². The van der Waals surface area contributed by atoms with Crippen molar-refractivity contribution >= 4 is 27.5 Å². The third kappa shape index (κ3) is 3.41. The minimum atomic E-state index is -0.0495. The van der Waals surface area contributed by atoms with E-state index >= 15 is 0 Å². The molecule has 4 nitrogen and oxygen atoms in total. The van der Waals surface area contributed by atoms with Crippen LogP contribution in [0.2, 0.25) is 0 Å². The summed E-state index contributed by atoms with van der Waals surface area (Å²) in [5, 5.41) is 1.13. The highest BCUT2D eigenvalue weighted by atomic mass is 32.1. The van der Waals surface area contributed by atoms with Gasteiger partial charge in [-0.25, -0.2) is 4.98 Å². The van der Waals surface area contributed by atoms with E-state index in [9.17, 15) is 4.79 Å². The zero-order valence-corrected chi connectivity index (χ0v) is 13.1. The van der Waals surface area contributed by atoms with Gasteiger partial charge in [-0.15, -0.1) is 11.3 Å². The Morgan fingerprint density at radius 2 is 2.33 bits per heavy atom. The molecule has 112 valence electrons. The number of nitrogens with zero attached hydrogens (tertiary/aromatic N) is 2. The van der Waals surface area contributed by atoms with Crippen molar-refractivity contribution in [1.29, 1.82) is 0 Å². The van der Waals surface area contributed by atoms with Gasteiger partial charge in [-0.3, -0.25) is 9.69 Å². The van der Waals surface area contributed by atoms with Gasteiger partial charge in [-0.05, 0) is 38.4 Å². The topological polar surface area (TPSA) is 42.4 Å². The Labute approximate surface area is 128 Å². The highest BCUT2D eigenvalue weighted by Gasteiger charge is 2.27. The van der Waals surface area contributed by atoms with E-state index in [0.29, 0.717) is 6.61 Å². The van der Waals surface area contributed by atoms with Crippen LogP contribution in [-0.4, -0.2) is 35.5 Å². The summed E-state index contributed by atoms with van der Waals surface area (Å²) in [4.78, 5) is 18.9. The molecule has 0 aliphatic carbocycles. The van der Waals surface area contributed by atoms with E-state index in [1.165, 1.54) is 4.70 Å². The van der Waals surface area contributed by atoms with Crippen LogP contribution >= 0.6 is 11.3 Å². The van der Waals surface area contributed by atoms with Crippen molar-refractivity contribution in [3.63, 3.8) is 0 Å². The van der Waals surface area contributed by atoms with Gasteiger partial charge in [0.25, 0.3) is 0 Å². The quantitative estimate of drug-likeness (QED) is 0.814. The Morgan fingerprint density at radius 1 is 1.48 bits per heavy atom. The molecule has 2 aromatic rings. The molecule has 1 saturated heterocycles. The SMILES string of the molecule is CCOC(=O)[C@H]1CCCN(Cc2nc3ccccc3s2)C1. The van der Waals surface area contributed by atoms with Crippen LogP contribution < -0.4 is 0 Å². The Bertz CT molecular complexity index is 593. The van der Waals surface area contributed by atoms with E-state index in [0.717, 1.165) is 43.0 Å². The summed E-state index contributed by atoms with van der Waals surface area (Å²) in [5.41, 5.74) is 1.07. The number of carbonyl (C=O) groups is 1. The molecule has 1 aliphatic rings. The van der Waals surface area contributed by atoms with Crippen molar-refractivity contribution in [2.45, 2.75) is 26.3 Å². The molecule has 1 aromatic heterocycles. The number of rotatable bonds is 4. The van der Waals surface area contributed by atoms with E-state index in [2.05, 4.69) is 16.0 Å². The maximum absolute atomic E-state index is 11.9. The smallest absolute Gasteiger partial charge is 0.310 e. The molecular formula is C16H20N2O2S. The molecule has 21 heavy (non-hydrogen) atoms. The number of thiazole rings is 1. The van der Waals surface area contributed by atoms with Gasteiger partial charge in [0.15, 0.2) is 0 Å². The van der Waals surface area contributed by atoms with Crippen molar-refractivity contribution in [3.05, 3.63) is 29.3 Å². The molecule has 0 amide bonds. The van der Waals surface area contributed by atoms with E-state index in [1.807, 2.05) is 25.1 Å². The number of hydrogen-bond acceptors (Lipinski definition) is 5. The van der Waals surface area contributed by atoms with Crippen LogP contribution in [0.3, 0.4) is 0 Å². The van der Waals surface area contributed by atoms with Gasteiger partial charge >= 0.3 is 5.97 Å². The number of ether oxygens (including phenoxy) is 1. The van der Waals surface area contributed by atoms with Gasteiger partial charge in [0.2, 0.25) is 0 Å². The van der Waals surface area contributed by atoms with E-state index in [-0.39, 0.29) is 11.9 Å². The van der Waals surface area contributed by atoms with Gasteiger partial charge in [0.1, 0.15) is 5.01 Å². The minimum absolute atomic E-state index is 0.0214. The molecule has 3 rings (SSSR count). The lowest BCUT2D eigenvalue weighted by atomic mass is 9.98. The Kier molecular flexibility index (Phi) is 4.51. The van der Waals surface area contributed by atoms with Crippen LogP contribution in [0.5, 0.6) is 0 Å². The summed E-state index contributed by atoms with van der Waals surface area (Å²) in [5.74, 6) is -0.0282. The first-order chi connectivity index (χ1) is 10.3. The molecule has 1 aliphatic heterocycles. The molecular weight excluding hydrogens is 284 g/mol. The molecule has 0 saturated carbocycles. The molecule has 5 heteroatoms. The maximum Gasteiger partial charge on any atom is 0.310 e. The number of benzene rings is 1. The molecule has 1 atom stereocenters. The highest BCUT2D eigenvalue weighted by Crippen LogP contribution is 2.25. The summed E-state index contributed by atoms with van der Waals surface area (Å²) in [6, 6.07) is 8.21. The predicted octanol–water partition coefficient (Wildman–Crippen LogP) is 3.07. The molecule has 1 fully saturated rings. The fourth-order valence-electron chi connectivity index (χ4n) is 2.83. The summed E-state index contributed by atoms with van der Waals surface area (Å²) in [7, 11) is 0. The van der Waals surface area contributed by atoms with Crippen molar-refractivity contribution in [2.75, 3.05) is 19.7 Å².